The minimum absolute atomic E-state index is 0.119. The highest BCUT2D eigenvalue weighted by molar-refractivity contribution is 7.52. The molecule has 5 nitrogen and oxygen atoms in total. The molecular weight excluding hydrogens is 303 g/mol. The molecule has 0 fully saturated rings. The van der Waals surface area contributed by atoms with Crippen molar-refractivity contribution in [3.63, 3.8) is 0 Å². The molecule has 0 aliphatic heterocycles. The van der Waals surface area contributed by atoms with Gasteiger partial charge in [-0.05, 0) is 35.4 Å². The van der Waals surface area contributed by atoms with Gasteiger partial charge in [-0.15, -0.1) is 0 Å². The topological polar surface area (TPSA) is 87.0 Å². The molecule has 0 aromatic heterocycles. The van der Waals surface area contributed by atoms with Gasteiger partial charge in [0.25, 0.3) is 0 Å². The second-order valence-corrected chi connectivity index (χ2v) is 7.36. The molecule has 2 aromatic carbocycles. The Morgan fingerprint density at radius 1 is 0.955 bits per heavy atom. The van der Waals surface area contributed by atoms with Crippen LogP contribution in [-0.2, 0) is 14.5 Å². The SMILES string of the molecule is COP(=O)(O)CC(C)(c1ccc(O)cc1)c1ccc(O)cc1. The Bertz CT molecular complexity index is 633. The number of aromatic hydroxyl groups is 2. The van der Waals surface area contributed by atoms with Gasteiger partial charge in [0, 0.05) is 12.5 Å². The Morgan fingerprint density at radius 3 is 1.64 bits per heavy atom. The summed E-state index contributed by atoms with van der Waals surface area (Å²) < 4.78 is 16.8. The molecule has 0 spiro atoms. The van der Waals surface area contributed by atoms with Gasteiger partial charge in [0.1, 0.15) is 11.5 Å². The molecule has 1 unspecified atom stereocenters. The normalized spacial score (nSPS) is 14.5. The average molecular weight is 322 g/mol. The molecule has 0 saturated heterocycles. The number of phenolic OH excluding ortho intramolecular Hbond substituents is 2. The van der Waals surface area contributed by atoms with Gasteiger partial charge in [-0.3, -0.25) is 4.57 Å². The minimum Gasteiger partial charge on any atom is -0.508 e. The van der Waals surface area contributed by atoms with E-state index in [4.69, 9.17) is 4.52 Å². The van der Waals surface area contributed by atoms with Crippen LogP contribution in [0.15, 0.2) is 48.5 Å². The first-order valence-corrected chi connectivity index (χ1v) is 8.50. The van der Waals surface area contributed by atoms with Crippen LogP contribution in [-0.4, -0.2) is 28.4 Å². The smallest absolute Gasteiger partial charge is 0.329 e. The van der Waals surface area contributed by atoms with Crippen LogP contribution in [0.4, 0.5) is 0 Å². The van der Waals surface area contributed by atoms with E-state index in [1.54, 1.807) is 24.3 Å². The molecule has 1 atom stereocenters. The zero-order valence-electron chi connectivity index (χ0n) is 12.4. The molecule has 0 aliphatic rings. The van der Waals surface area contributed by atoms with E-state index in [9.17, 15) is 19.7 Å². The Labute approximate surface area is 129 Å². The van der Waals surface area contributed by atoms with Crippen LogP contribution in [0, 0.1) is 0 Å². The van der Waals surface area contributed by atoms with Crippen molar-refractivity contribution >= 4 is 7.60 Å². The highest BCUT2D eigenvalue weighted by Crippen LogP contribution is 2.50. The molecule has 0 heterocycles. The van der Waals surface area contributed by atoms with E-state index in [1.807, 2.05) is 6.92 Å². The first kappa shape index (κ1) is 16.6. The van der Waals surface area contributed by atoms with Crippen molar-refractivity contribution in [2.45, 2.75) is 12.3 Å². The molecule has 0 radical (unpaired) electrons. The summed E-state index contributed by atoms with van der Waals surface area (Å²) in [6.45, 7) is 1.83. The lowest BCUT2D eigenvalue weighted by molar-refractivity contribution is 0.308. The summed E-state index contributed by atoms with van der Waals surface area (Å²) in [5.41, 5.74) is 0.728. The van der Waals surface area contributed by atoms with Crippen molar-refractivity contribution in [2.24, 2.45) is 0 Å². The van der Waals surface area contributed by atoms with Gasteiger partial charge in [0.2, 0.25) is 0 Å². The third kappa shape index (κ3) is 3.50. The summed E-state index contributed by atoms with van der Waals surface area (Å²) in [6.07, 6.45) is -0.119. The molecule has 2 aromatic rings. The molecule has 0 saturated carbocycles. The van der Waals surface area contributed by atoms with Crippen LogP contribution in [0.3, 0.4) is 0 Å². The van der Waals surface area contributed by atoms with Gasteiger partial charge >= 0.3 is 7.60 Å². The van der Waals surface area contributed by atoms with Gasteiger partial charge in [-0.1, -0.05) is 31.2 Å². The number of hydrogen-bond acceptors (Lipinski definition) is 4. The van der Waals surface area contributed by atoms with Crippen LogP contribution in [0.2, 0.25) is 0 Å². The third-order valence-electron chi connectivity index (χ3n) is 3.81. The molecule has 3 N–H and O–H groups in total. The van der Waals surface area contributed by atoms with Crippen molar-refractivity contribution in [2.75, 3.05) is 13.3 Å². The Balaban J connectivity index is 2.55. The highest BCUT2D eigenvalue weighted by Gasteiger charge is 2.37. The lowest BCUT2D eigenvalue weighted by atomic mass is 9.78. The van der Waals surface area contributed by atoms with Crippen LogP contribution in [0.5, 0.6) is 11.5 Å². The lowest BCUT2D eigenvalue weighted by Crippen LogP contribution is -2.28. The van der Waals surface area contributed by atoms with E-state index in [0.717, 1.165) is 11.1 Å². The predicted octanol–water partition coefficient (Wildman–Crippen LogP) is 3.24. The number of phenols is 2. The third-order valence-corrected chi connectivity index (χ3v) is 5.41. The summed E-state index contributed by atoms with van der Waals surface area (Å²) in [5.74, 6) is 0.242. The average Bonchev–Trinajstić information content (AvgIpc) is 2.48. The standard InChI is InChI=1S/C16H19O5P/c1-16(11-22(19,20)21-2,12-3-7-14(17)8-4-12)13-5-9-15(18)10-6-13/h3-10,17-18H,11H2,1-2H3,(H,19,20). The summed E-state index contributed by atoms with van der Waals surface area (Å²) in [7, 11) is -2.57. The molecule has 0 aliphatic carbocycles. The van der Waals surface area contributed by atoms with E-state index in [2.05, 4.69) is 0 Å². The summed E-state index contributed by atoms with van der Waals surface area (Å²) in [4.78, 5) is 9.93. The maximum atomic E-state index is 12.1. The van der Waals surface area contributed by atoms with E-state index < -0.39 is 13.0 Å². The van der Waals surface area contributed by atoms with Crippen molar-refractivity contribution in [3.8, 4) is 11.5 Å². The molecule has 22 heavy (non-hydrogen) atoms. The largest absolute Gasteiger partial charge is 0.508 e. The zero-order chi connectivity index (χ0) is 16.4. The molecule has 6 heteroatoms. The van der Waals surface area contributed by atoms with E-state index in [0.29, 0.717) is 0 Å². The van der Waals surface area contributed by atoms with Crippen molar-refractivity contribution < 1.29 is 24.2 Å². The molecule has 118 valence electrons. The summed E-state index contributed by atoms with van der Waals surface area (Å²) in [6, 6.07) is 12.9. The zero-order valence-corrected chi connectivity index (χ0v) is 13.3. The fourth-order valence-electron chi connectivity index (χ4n) is 2.47. The summed E-state index contributed by atoms with van der Waals surface area (Å²) >= 11 is 0. The summed E-state index contributed by atoms with van der Waals surface area (Å²) in [5, 5.41) is 18.9. The lowest BCUT2D eigenvalue weighted by Gasteiger charge is -2.32. The maximum absolute atomic E-state index is 12.1. The van der Waals surface area contributed by atoms with Crippen LogP contribution in [0.25, 0.3) is 0 Å². The quantitative estimate of drug-likeness (QED) is 0.736. The highest BCUT2D eigenvalue weighted by atomic mass is 31.2. The Hall–Kier alpha value is -1.81. The van der Waals surface area contributed by atoms with Crippen LogP contribution in [0.1, 0.15) is 18.1 Å². The second kappa shape index (κ2) is 6.13. The fraction of sp³-hybridized carbons (Fsp3) is 0.250. The number of benzene rings is 2. The Morgan fingerprint density at radius 2 is 1.32 bits per heavy atom. The molecular formula is C16H19O5P. The monoisotopic (exact) mass is 322 g/mol. The maximum Gasteiger partial charge on any atom is 0.329 e. The van der Waals surface area contributed by atoms with Crippen molar-refractivity contribution in [1.82, 2.24) is 0 Å². The molecule has 2 rings (SSSR count). The molecule has 0 amide bonds. The Kier molecular flexibility index (Phi) is 4.61. The van der Waals surface area contributed by atoms with Crippen molar-refractivity contribution in [3.05, 3.63) is 59.7 Å². The second-order valence-electron chi connectivity index (χ2n) is 5.40. The predicted molar refractivity (Wildman–Crippen MR) is 84.4 cm³/mol. The van der Waals surface area contributed by atoms with Gasteiger partial charge < -0.3 is 19.6 Å². The van der Waals surface area contributed by atoms with Crippen molar-refractivity contribution in [1.29, 1.82) is 0 Å². The fourth-order valence-corrected chi connectivity index (χ4v) is 3.77. The number of hydrogen-bond donors (Lipinski definition) is 3. The van der Waals surface area contributed by atoms with Crippen LogP contribution >= 0.6 is 7.60 Å². The number of rotatable bonds is 5. The van der Waals surface area contributed by atoms with Gasteiger partial charge in [-0.2, -0.15) is 0 Å². The van der Waals surface area contributed by atoms with Gasteiger partial charge in [0.15, 0.2) is 0 Å². The minimum atomic E-state index is -3.77. The van der Waals surface area contributed by atoms with Crippen LogP contribution < -0.4 is 0 Å². The van der Waals surface area contributed by atoms with Gasteiger partial charge in [0.05, 0.1) is 6.16 Å². The first-order valence-electron chi connectivity index (χ1n) is 6.73. The van der Waals surface area contributed by atoms with E-state index >= 15 is 0 Å². The molecule has 0 bridgehead atoms. The first-order chi connectivity index (χ1) is 10.3. The van der Waals surface area contributed by atoms with E-state index in [-0.39, 0.29) is 17.7 Å². The van der Waals surface area contributed by atoms with E-state index in [1.165, 1.54) is 31.4 Å². The van der Waals surface area contributed by atoms with Gasteiger partial charge in [-0.25, -0.2) is 0 Å².